The number of aromatic nitrogens is 1. The average Bonchev–Trinajstić information content (AvgIpc) is 2.41. The predicted molar refractivity (Wildman–Crippen MR) is 74.4 cm³/mol. The molecular weight excluding hydrogens is 307 g/mol. The quantitative estimate of drug-likeness (QED) is 0.787. The minimum absolute atomic E-state index is 0.0337. The number of hydrogen-bond acceptors (Lipinski definition) is 4. The van der Waals surface area contributed by atoms with E-state index >= 15 is 0 Å². The van der Waals surface area contributed by atoms with Gasteiger partial charge in [-0.2, -0.15) is 24.9 Å². The van der Waals surface area contributed by atoms with E-state index in [2.05, 4.69) is 10.6 Å². The number of thioether (sulfide) groups is 1. The molecular formula is C12H14F3N3O2S. The van der Waals surface area contributed by atoms with Crippen molar-refractivity contribution in [2.24, 2.45) is 0 Å². The molecule has 0 bridgehead atoms. The summed E-state index contributed by atoms with van der Waals surface area (Å²) in [5, 5.41) is 5.38. The van der Waals surface area contributed by atoms with Crippen LogP contribution in [0.15, 0.2) is 17.1 Å². The summed E-state index contributed by atoms with van der Waals surface area (Å²) in [5.74, 6) is 1.23. The van der Waals surface area contributed by atoms with E-state index in [4.69, 9.17) is 0 Å². The normalized spacial score (nSPS) is 19.3. The zero-order valence-electron chi connectivity index (χ0n) is 10.9. The van der Waals surface area contributed by atoms with Gasteiger partial charge in [-0.05, 0) is 6.07 Å². The van der Waals surface area contributed by atoms with Crippen molar-refractivity contribution in [1.29, 1.82) is 0 Å². The molecule has 1 fully saturated rings. The zero-order valence-corrected chi connectivity index (χ0v) is 11.7. The summed E-state index contributed by atoms with van der Waals surface area (Å²) in [5.41, 5.74) is -2.16. The van der Waals surface area contributed by atoms with Crippen molar-refractivity contribution in [3.63, 3.8) is 0 Å². The average molecular weight is 321 g/mol. The largest absolute Gasteiger partial charge is 0.417 e. The van der Waals surface area contributed by atoms with Crippen molar-refractivity contribution >= 4 is 23.4 Å². The molecule has 9 heteroatoms. The summed E-state index contributed by atoms with van der Waals surface area (Å²) in [4.78, 5) is 25.2. The van der Waals surface area contributed by atoms with Crippen LogP contribution in [0.4, 0.5) is 18.9 Å². The number of aromatic amines is 1. The van der Waals surface area contributed by atoms with Crippen LogP contribution in [-0.2, 0) is 11.0 Å². The van der Waals surface area contributed by atoms with Crippen molar-refractivity contribution < 1.29 is 18.0 Å². The van der Waals surface area contributed by atoms with E-state index in [0.717, 1.165) is 18.1 Å². The predicted octanol–water partition coefficient (Wildman–Crippen LogP) is 1.43. The summed E-state index contributed by atoms with van der Waals surface area (Å²) in [7, 11) is 0. The first kappa shape index (κ1) is 15.9. The Kier molecular flexibility index (Phi) is 4.94. The Morgan fingerprint density at radius 2 is 2.24 bits per heavy atom. The number of halogens is 3. The van der Waals surface area contributed by atoms with Crippen molar-refractivity contribution in [3.05, 3.63) is 28.2 Å². The number of H-pyrrole nitrogens is 1. The lowest BCUT2D eigenvalue weighted by atomic mass is 10.2. The second-order valence-corrected chi connectivity index (χ2v) is 5.76. The highest BCUT2D eigenvalue weighted by atomic mass is 32.2. The molecule has 1 aromatic heterocycles. The highest BCUT2D eigenvalue weighted by Crippen LogP contribution is 2.29. The van der Waals surface area contributed by atoms with Gasteiger partial charge in [-0.25, -0.2) is 0 Å². The van der Waals surface area contributed by atoms with Gasteiger partial charge in [0.15, 0.2) is 0 Å². The molecule has 0 radical (unpaired) electrons. The molecule has 0 saturated carbocycles. The Labute approximate surface area is 122 Å². The Morgan fingerprint density at radius 1 is 1.48 bits per heavy atom. The molecule has 0 spiro atoms. The van der Waals surface area contributed by atoms with Gasteiger partial charge in [0, 0.05) is 36.7 Å². The van der Waals surface area contributed by atoms with Gasteiger partial charge < -0.3 is 15.6 Å². The molecule has 3 N–H and O–H groups in total. The van der Waals surface area contributed by atoms with Crippen LogP contribution in [-0.4, -0.2) is 35.0 Å². The lowest BCUT2D eigenvalue weighted by Gasteiger charge is -2.22. The first-order chi connectivity index (χ1) is 9.86. The second-order valence-electron chi connectivity index (χ2n) is 4.61. The Bertz CT molecular complexity index is 568. The third-order valence-corrected chi connectivity index (χ3v) is 4.07. The topological polar surface area (TPSA) is 74.0 Å². The summed E-state index contributed by atoms with van der Waals surface area (Å²) < 4.78 is 37.7. The number of hydrogen-bond donors (Lipinski definition) is 3. The first-order valence-electron chi connectivity index (χ1n) is 6.27. The fourth-order valence-corrected chi connectivity index (χ4v) is 2.87. The molecule has 0 aromatic carbocycles. The van der Waals surface area contributed by atoms with Gasteiger partial charge in [-0.3, -0.25) is 9.59 Å². The summed E-state index contributed by atoms with van der Waals surface area (Å²) >= 11 is 1.70. The smallest absolute Gasteiger partial charge is 0.327 e. The Hall–Kier alpha value is -1.48. The molecule has 2 heterocycles. The number of rotatable bonds is 3. The minimum atomic E-state index is -4.58. The molecule has 21 heavy (non-hydrogen) atoms. The van der Waals surface area contributed by atoms with Gasteiger partial charge in [0.05, 0.1) is 5.56 Å². The van der Waals surface area contributed by atoms with Gasteiger partial charge in [0.25, 0.3) is 5.56 Å². The van der Waals surface area contributed by atoms with Gasteiger partial charge >= 0.3 is 6.18 Å². The molecule has 5 nitrogen and oxygen atoms in total. The third kappa shape index (κ3) is 4.50. The maximum Gasteiger partial charge on any atom is 0.417 e. The van der Waals surface area contributed by atoms with Gasteiger partial charge in [-0.1, -0.05) is 0 Å². The molecule has 1 unspecified atom stereocenters. The third-order valence-electron chi connectivity index (χ3n) is 2.93. The number of pyridine rings is 1. The molecule has 2 rings (SSSR count). The number of alkyl halides is 3. The molecule has 0 aliphatic carbocycles. The number of amides is 1. The van der Waals surface area contributed by atoms with Crippen molar-refractivity contribution in [2.75, 3.05) is 23.4 Å². The fourth-order valence-electron chi connectivity index (χ4n) is 1.92. The van der Waals surface area contributed by atoms with Crippen LogP contribution in [0.3, 0.4) is 0 Å². The van der Waals surface area contributed by atoms with Crippen LogP contribution >= 0.6 is 11.8 Å². The van der Waals surface area contributed by atoms with E-state index in [-0.39, 0.29) is 12.5 Å². The van der Waals surface area contributed by atoms with Crippen LogP contribution in [0.25, 0.3) is 0 Å². The molecule has 1 amide bonds. The second kappa shape index (κ2) is 6.52. The van der Waals surface area contributed by atoms with E-state index in [1.807, 2.05) is 4.98 Å². The minimum Gasteiger partial charge on any atom is -0.327 e. The Balaban J connectivity index is 2.04. The first-order valence-corrected chi connectivity index (χ1v) is 7.42. The number of anilines is 1. The highest BCUT2D eigenvalue weighted by molar-refractivity contribution is 7.99. The number of carbonyl (C=O) groups excluding carboxylic acids is 1. The molecule has 1 aliphatic rings. The molecule has 1 saturated heterocycles. The van der Waals surface area contributed by atoms with Gasteiger partial charge in [0.2, 0.25) is 5.91 Å². The van der Waals surface area contributed by atoms with E-state index in [1.165, 1.54) is 0 Å². The van der Waals surface area contributed by atoms with Crippen LogP contribution in [0.5, 0.6) is 0 Å². The van der Waals surface area contributed by atoms with Crippen LogP contribution in [0.1, 0.15) is 12.0 Å². The summed E-state index contributed by atoms with van der Waals surface area (Å²) in [6.07, 6.45) is -3.88. The molecule has 116 valence electrons. The van der Waals surface area contributed by atoms with Crippen LogP contribution < -0.4 is 16.2 Å². The van der Waals surface area contributed by atoms with Crippen LogP contribution in [0.2, 0.25) is 0 Å². The van der Waals surface area contributed by atoms with Gasteiger partial charge in [-0.15, -0.1) is 0 Å². The lowest BCUT2D eigenvalue weighted by molar-refractivity contribution is -0.137. The Morgan fingerprint density at radius 3 is 2.86 bits per heavy atom. The maximum absolute atomic E-state index is 12.6. The van der Waals surface area contributed by atoms with E-state index in [1.54, 1.807) is 11.8 Å². The molecule has 1 aromatic rings. The van der Waals surface area contributed by atoms with E-state index < -0.39 is 28.9 Å². The van der Waals surface area contributed by atoms with Crippen molar-refractivity contribution in [1.82, 2.24) is 10.3 Å². The molecule has 1 aliphatic heterocycles. The maximum atomic E-state index is 12.6. The number of carbonyl (C=O) groups is 1. The standard InChI is InChI=1S/C12H14F3N3O2S/c13-12(14,15)7-3-9(11(20)17-5-7)18-10(19)4-8-6-21-2-1-16-8/h3,5,8,16H,1-2,4,6H2,(H,17,20)(H,18,19). The fraction of sp³-hybridized carbons (Fsp3) is 0.500. The van der Waals surface area contributed by atoms with E-state index in [0.29, 0.717) is 12.3 Å². The van der Waals surface area contributed by atoms with Gasteiger partial charge in [0.1, 0.15) is 5.69 Å². The van der Waals surface area contributed by atoms with Crippen molar-refractivity contribution in [2.45, 2.75) is 18.6 Å². The highest BCUT2D eigenvalue weighted by Gasteiger charge is 2.31. The van der Waals surface area contributed by atoms with Crippen LogP contribution in [0, 0.1) is 0 Å². The lowest BCUT2D eigenvalue weighted by Crippen LogP contribution is -2.40. The number of nitrogens with one attached hydrogen (secondary N) is 3. The molecule has 1 atom stereocenters. The SMILES string of the molecule is O=C(CC1CSCCN1)Nc1cc(C(F)(F)F)c[nH]c1=O. The summed E-state index contributed by atoms with van der Waals surface area (Å²) in [6, 6.07) is 0.605. The van der Waals surface area contributed by atoms with Crippen molar-refractivity contribution in [3.8, 4) is 0 Å². The monoisotopic (exact) mass is 321 g/mol. The summed E-state index contributed by atoms with van der Waals surface area (Å²) in [6.45, 7) is 0.784. The van der Waals surface area contributed by atoms with E-state index in [9.17, 15) is 22.8 Å². The zero-order chi connectivity index (χ0) is 15.5.